The van der Waals surface area contributed by atoms with Crippen molar-refractivity contribution in [3.63, 3.8) is 0 Å². The third-order valence-electron chi connectivity index (χ3n) is 4.13. The molecule has 1 aliphatic rings. The summed E-state index contributed by atoms with van der Waals surface area (Å²) in [5.74, 6) is -3.06. The van der Waals surface area contributed by atoms with Crippen LogP contribution in [0.4, 0.5) is 20.2 Å². The van der Waals surface area contributed by atoms with Gasteiger partial charge in [0.05, 0.1) is 23.4 Å². The molecule has 2 N–H and O–H groups in total. The lowest BCUT2D eigenvalue weighted by Crippen LogP contribution is -2.39. The fourth-order valence-electron chi connectivity index (χ4n) is 2.90. The van der Waals surface area contributed by atoms with Crippen LogP contribution in [-0.4, -0.2) is 36.6 Å². The van der Waals surface area contributed by atoms with Gasteiger partial charge in [-0.15, -0.1) is 0 Å². The minimum absolute atomic E-state index is 0.190. The summed E-state index contributed by atoms with van der Waals surface area (Å²) in [5.41, 5.74) is 8.15. The number of nitrogens with two attached hydrogens (primary N) is 1. The molecule has 0 aliphatic carbocycles. The molecule has 0 bridgehead atoms. The van der Waals surface area contributed by atoms with Crippen molar-refractivity contribution in [2.45, 2.75) is 25.7 Å². The smallest absolute Gasteiger partial charge is 0.339 e. The molecule has 0 atom stereocenters. The molecule has 1 aromatic carbocycles. The zero-order valence-electron chi connectivity index (χ0n) is 13.4. The summed E-state index contributed by atoms with van der Waals surface area (Å²) in [4.78, 5) is 18.1. The van der Waals surface area contributed by atoms with E-state index in [4.69, 9.17) is 10.5 Å². The molecular weight excluding hydrogens is 316 g/mol. The van der Waals surface area contributed by atoms with Gasteiger partial charge >= 0.3 is 5.97 Å². The Bertz CT molecular complexity index is 770. The molecule has 5 nitrogen and oxygen atoms in total. The number of alkyl halides is 2. The number of nitrogen functional groups attached to an aromatic ring is 1. The molecule has 3 rings (SSSR count). The molecule has 7 heteroatoms. The Kier molecular flexibility index (Phi) is 4.26. The first-order chi connectivity index (χ1) is 11.4. The van der Waals surface area contributed by atoms with E-state index < -0.39 is 11.9 Å². The number of nitrogens with zero attached hydrogens (tertiary/aromatic N) is 2. The molecule has 0 saturated carbocycles. The van der Waals surface area contributed by atoms with Crippen LogP contribution in [0.2, 0.25) is 0 Å². The van der Waals surface area contributed by atoms with Crippen molar-refractivity contribution in [2.75, 3.05) is 30.3 Å². The molecule has 0 spiro atoms. The quantitative estimate of drug-likeness (QED) is 0.689. The predicted octanol–water partition coefficient (Wildman–Crippen LogP) is 3.23. The Labute approximate surface area is 138 Å². The summed E-state index contributed by atoms with van der Waals surface area (Å²) in [6.07, 6.45) is 1.06. The monoisotopic (exact) mass is 335 g/mol. The second-order valence-corrected chi connectivity index (χ2v) is 5.90. The lowest BCUT2D eigenvalue weighted by atomic mass is 10.0. The summed E-state index contributed by atoms with van der Waals surface area (Å²) in [6, 6.07) is 5.12. The fourth-order valence-corrected chi connectivity index (χ4v) is 2.90. The molecule has 2 heterocycles. The van der Waals surface area contributed by atoms with Gasteiger partial charge in [0.1, 0.15) is 0 Å². The van der Waals surface area contributed by atoms with Crippen LogP contribution < -0.4 is 10.6 Å². The van der Waals surface area contributed by atoms with Crippen LogP contribution in [-0.2, 0) is 4.74 Å². The van der Waals surface area contributed by atoms with Crippen molar-refractivity contribution in [3.8, 4) is 0 Å². The second-order valence-electron chi connectivity index (χ2n) is 5.90. The van der Waals surface area contributed by atoms with Gasteiger partial charge in [-0.25, -0.2) is 13.6 Å². The number of esters is 1. The highest BCUT2D eigenvalue weighted by Gasteiger charge is 2.34. The number of carbonyl (C=O) groups is 1. The number of carbonyl (C=O) groups excluding carboxylic acids is 1. The third-order valence-corrected chi connectivity index (χ3v) is 4.13. The van der Waals surface area contributed by atoms with Gasteiger partial charge in [-0.05, 0) is 25.1 Å². The normalized spacial score (nSPS) is 17.0. The molecule has 0 radical (unpaired) electrons. The first-order valence-electron chi connectivity index (χ1n) is 7.89. The summed E-state index contributed by atoms with van der Waals surface area (Å²) < 4.78 is 31.7. The van der Waals surface area contributed by atoms with E-state index in [9.17, 15) is 13.6 Å². The number of aromatic nitrogens is 1. The first kappa shape index (κ1) is 16.4. The molecule has 128 valence electrons. The van der Waals surface area contributed by atoms with Crippen LogP contribution in [0, 0.1) is 0 Å². The zero-order valence-corrected chi connectivity index (χ0v) is 13.4. The number of pyridine rings is 1. The number of anilines is 2. The van der Waals surface area contributed by atoms with Gasteiger partial charge in [0.15, 0.2) is 0 Å². The summed E-state index contributed by atoms with van der Waals surface area (Å²) in [7, 11) is 0. The second kappa shape index (κ2) is 6.22. The number of ether oxygens (including phenoxy) is 1. The van der Waals surface area contributed by atoms with Crippen LogP contribution >= 0.6 is 0 Å². The van der Waals surface area contributed by atoms with Crippen molar-refractivity contribution in [1.82, 2.24) is 4.98 Å². The highest BCUT2D eigenvalue weighted by atomic mass is 19.3. The van der Waals surface area contributed by atoms with E-state index >= 15 is 0 Å². The average Bonchev–Trinajstić information content (AvgIpc) is 2.53. The number of hydrogen-bond donors (Lipinski definition) is 1. The van der Waals surface area contributed by atoms with Gasteiger partial charge in [0.25, 0.3) is 5.92 Å². The molecule has 1 aliphatic heterocycles. The molecule has 24 heavy (non-hydrogen) atoms. The molecule has 1 aromatic heterocycles. The van der Waals surface area contributed by atoms with E-state index in [1.165, 1.54) is 6.20 Å². The largest absolute Gasteiger partial charge is 0.462 e. The van der Waals surface area contributed by atoms with Crippen LogP contribution in [0.1, 0.15) is 30.1 Å². The average molecular weight is 335 g/mol. The summed E-state index contributed by atoms with van der Waals surface area (Å²) in [5, 5.41) is 0.688. The molecule has 1 fully saturated rings. The molecular formula is C17H19F2N3O2. The lowest BCUT2D eigenvalue weighted by Gasteiger charge is -2.33. The summed E-state index contributed by atoms with van der Waals surface area (Å²) in [6.45, 7) is 2.50. The summed E-state index contributed by atoms with van der Waals surface area (Å²) >= 11 is 0. The van der Waals surface area contributed by atoms with Gasteiger partial charge in [-0.3, -0.25) is 4.98 Å². The van der Waals surface area contributed by atoms with E-state index in [0.29, 0.717) is 22.2 Å². The maximum atomic E-state index is 13.4. The highest BCUT2D eigenvalue weighted by molar-refractivity contribution is 5.99. The molecule has 2 aromatic rings. The first-order valence-corrected chi connectivity index (χ1v) is 7.89. The van der Waals surface area contributed by atoms with E-state index in [1.807, 2.05) is 4.90 Å². The highest BCUT2D eigenvalue weighted by Crippen LogP contribution is 2.34. The van der Waals surface area contributed by atoms with Gasteiger partial charge < -0.3 is 15.4 Å². The number of piperidine rings is 1. The fraction of sp³-hybridized carbons (Fsp3) is 0.412. The van der Waals surface area contributed by atoms with Crippen molar-refractivity contribution in [2.24, 2.45) is 0 Å². The number of benzene rings is 1. The minimum Gasteiger partial charge on any atom is -0.462 e. The van der Waals surface area contributed by atoms with E-state index in [0.717, 1.165) is 5.69 Å². The Morgan fingerprint density at radius 3 is 2.71 bits per heavy atom. The maximum Gasteiger partial charge on any atom is 0.339 e. The van der Waals surface area contributed by atoms with Gasteiger partial charge in [0, 0.05) is 43.2 Å². The van der Waals surface area contributed by atoms with Crippen molar-refractivity contribution in [1.29, 1.82) is 0 Å². The maximum absolute atomic E-state index is 13.4. The standard InChI is InChI=1S/C17H19F2N3O2/c1-2-24-16(23)12-7-11-8-13(20)9-14(15(11)21-10-12)22-5-3-17(18,19)4-6-22/h7-10H,2-6,20H2,1H3. The van der Waals surface area contributed by atoms with E-state index in [1.54, 1.807) is 25.1 Å². The van der Waals surface area contributed by atoms with Gasteiger partial charge in [0.2, 0.25) is 0 Å². The van der Waals surface area contributed by atoms with Crippen LogP contribution in [0.3, 0.4) is 0 Å². The van der Waals surface area contributed by atoms with Crippen molar-refractivity contribution in [3.05, 3.63) is 30.0 Å². The van der Waals surface area contributed by atoms with Crippen LogP contribution in [0.5, 0.6) is 0 Å². The van der Waals surface area contributed by atoms with Gasteiger partial charge in [-0.1, -0.05) is 0 Å². The predicted molar refractivity (Wildman–Crippen MR) is 88.5 cm³/mol. The third kappa shape index (κ3) is 3.25. The van der Waals surface area contributed by atoms with Crippen LogP contribution in [0.15, 0.2) is 24.4 Å². The molecule has 1 saturated heterocycles. The van der Waals surface area contributed by atoms with Crippen molar-refractivity contribution >= 4 is 28.2 Å². The topological polar surface area (TPSA) is 68.5 Å². The van der Waals surface area contributed by atoms with E-state index in [2.05, 4.69) is 4.98 Å². The number of halogens is 2. The van der Waals surface area contributed by atoms with Crippen LogP contribution in [0.25, 0.3) is 10.9 Å². The Hall–Kier alpha value is -2.44. The Morgan fingerprint density at radius 2 is 2.04 bits per heavy atom. The zero-order chi connectivity index (χ0) is 17.3. The Balaban J connectivity index is 1.98. The van der Waals surface area contributed by atoms with E-state index in [-0.39, 0.29) is 32.5 Å². The molecule has 0 amide bonds. The molecule has 0 unspecified atom stereocenters. The number of hydrogen-bond acceptors (Lipinski definition) is 5. The Morgan fingerprint density at radius 1 is 1.33 bits per heavy atom. The number of fused-ring (bicyclic) bond motifs is 1. The SMILES string of the molecule is CCOC(=O)c1cnc2c(N3CCC(F)(F)CC3)cc(N)cc2c1. The minimum atomic E-state index is -2.61. The lowest BCUT2D eigenvalue weighted by molar-refractivity contribution is -0.0220. The number of rotatable bonds is 3. The van der Waals surface area contributed by atoms with Crippen molar-refractivity contribution < 1.29 is 18.3 Å². The van der Waals surface area contributed by atoms with Gasteiger partial charge in [-0.2, -0.15) is 0 Å².